The van der Waals surface area contributed by atoms with E-state index in [1.54, 1.807) is 7.11 Å². The molecule has 0 saturated heterocycles. The maximum absolute atomic E-state index is 13.7. The fourth-order valence-electron chi connectivity index (χ4n) is 7.57. The minimum absolute atomic E-state index is 0.367. The monoisotopic (exact) mass is 678 g/mol. The number of hydrogen-bond acceptors (Lipinski definition) is 6. The highest BCUT2D eigenvalue weighted by molar-refractivity contribution is 5.97. The first-order valence-corrected chi connectivity index (χ1v) is 17.3. The van der Waals surface area contributed by atoms with Crippen molar-refractivity contribution in [3.8, 4) is 17.2 Å². The summed E-state index contributed by atoms with van der Waals surface area (Å²) in [4.78, 5) is 18.0. The highest BCUT2D eigenvalue weighted by Crippen LogP contribution is 2.58. The standard InChI is InChI=1S/C46H34N2O4/c1-31-15-9-12-22-40(31)47(32-16-5-3-6-17-32)34-25-27-38-43(29-34)51-44-30-35(26-28-39(44)46(38)37-21-11-10-20-36(37)45(49)52-46)48(33-18-7-4-8-19-33)41-23-13-14-24-42(41)50-2/h3-30H,1-2H3. The Labute approximate surface area is 302 Å². The number of ether oxygens (including phenoxy) is 3. The number of carbonyl (C=O) groups is 1. The van der Waals surface area contributed by atoms with E-state index in [0.29, 0.717) is 17.1 Å². The molecule has 252 valence electrons. The first-order chi connectivity index (χ1) is 25.6. The Morgan fingerprint density at radius 2 is 1.04 bits per heavy atom. The summed E-state index contributed by atoms with van der Waals surface area (Å²) >= 11 is 0. The highest BCUT2D eigenvalue weighted by Gasteiger charge is 2.53. The van der Waals surface area contributed by atoms with Gasteiger partial charge in [0.2, 0.25) is 0 Å². The van der Waals surface area contributed by atoms with Crippen LogP contribution in [0.1, 0.15) is 32.6 Å². The predicted octanol–water partition coefficient (Wildman–Crippen LogP) is 11.5. The second-order valence-corrected chi connectivity index (χ2v) is 12.9. The molecule has 0 saturated carbocycles. The van der Waals surface area contributed by atoms with Gasteiger partial charge in [-0.2, -0.15) is 0 Å². The summed E-state index contributed by atoms with van der Waals surface area (Å²) in [6.45, 7) is 2.11. The first kappa shape index (κ1) is 31.2. The van der Waals surface area contributed by atoms with Crippen molar-refractivity contribution in [1.29, 1.82) is 0 Å². The maximum atomic E-state index is 13.7. The molecule has 0 radical (unpaired) electrons. The van der Waals surface area contributed by atoms with Gasteiger partial charge < -0.3 is 24.0 Å². The van der Waals surface area contributed by atoms with Crippen LogP contribution in [0.15, 0.2) is 170 Å². The summed E-state index contributed by atoms with van der Waals surface area (Å²) in [7, 11) is 1.68. The molecule has 0 aliphatic carbocycles. The Bertz CT molecular complexity index is 2460. The molecule has 7 aromatic carbocycles. The van der Waals surface area contributed by atoms with Gasteiger partial charge in [0.1, 0.15) is 17.2 Å². The molecule has 2 heterocycles. The van der Waals surface area contributed by atoms with E-state index in [2.05, 4.69) is 71.3 Å². The molecule has 9 rings (SSSR count). The number of hydrogen-bond donors (Lipinski definition) is 0. The van der Waals surface area contributed by atoms with Gasteiger partial charge in [-0.3, -0.25) is 0 Å². The summed E-state index contributed by atoms with van der Waals surface area (Å²) in [5.41, 5.74) is 8.41. The Balaban J connectivity index is 1.26. The first-order valence-electron chi connectivity index (χ1n) is 17.3. The minimum atomic E-state index is -1.21. The number of esters is 1. The van der Waals surface area contributed by atoms with Gasteiger partial charge in [-0.15, -0.1) is 0 Å². The second kappa shape index (κ2) is 12.5. The molecule has 0 N–H and O–H groups in total. The highest BCUT2D eigenvalue weighted by atomic mass is 16.6. The average Bonchev–Trinajstić information content (AvgIpc) is 3.49. The lowest BCUT2D eigenvalue weighted by Crippen LogP contribution is -2.33. The van der Waals surface area contributed by atoms with Crippen LogP contribution in [0.3, 0.4) is 0 Å². The molecule has 2 aliphatic rings. The lowest BCUT2D eigenvalue weighted by Gasteiger charge is -2.38. The van der Waals surface area contributed by atoms with E-state index in [1.165, 1.54) is 0 Å². The zero-order valence-corrected chi connectivity index (χ0v) is 28.7. The fraction of sp³-hybridized carbons (Fsp3) is 0.0652. The summed E-state index contributed by atoms with van der Waals surface area (Å²) in [6.07, 6.45) is 0. The zero-order valence-electron chi connectivity index (χ0n) is 28.7. The zero-order chi connectivity index (χ0) is 35.2. The molecule has 1 atom stereocenters. The lowest BCUT2D eigenvalue weighted by atomic mass is 9.77. The third-order valence-electron chi connectivity index (χ3n) is 9.91. The topological polar surface area (TPSA) is 51.2 Å². The van der Waals surface area contributed by atoms with Gasteiger partial charge in [0.25, 0.3) is 0 Å². The molecule has 0 amide bonds. The third-order valence-corrected chi connectivity index (χ3v) is 9.91. The number of rotatable bonds is 7. The van der Waals surface area contributed by atoms with Crippen molar-refractivity contribution in [3.05, 3.63) is 198 Å². The van der Waals surface area contributed by atoms with Crippen molar-refractivity contribution in [2.24, 2.45) is 0 Å². The van der Waals surface area contributed by atoms with E-state index in [4.69, 9.17) is 14.2 Å². The molecule has 0 aromatic heterocycles. The van der Waals surface area contributed by atoms with Crippen LogP contribution in [0.25, 0.3) is 0 Å². The molecule has 0 bridgehead atoms. The Morgan fingerprint density at radius 1 is 0.519 bits per heavy atom. The number of aryl methyl sites for hydroxylation is 1. The molecule has 6 nitrogen and oxygen atoms in total. The van der Waals surface area contributed by atoms with Crippen molar-refractivity contribution in [1.82, 2.24) is 0 Å². The van der Waals surface area contributed by atoms with Gasteiger partial charge in [0, 0.05) is 57.3 Å². The van der Waals surface area contributed by atoms with Gasteiger partial charge >= 0.3 is 5.97 Å². The number of nitrogens with zero attached hydrogens (tertiary/aromatic N) is 2. The number of benzene rings is 7. The third kappa shape index (κ3) is 4.91. The van der Waals surface area contributed by atoms with Gasteiger partial charge in [0.05, 0.1) is 18.4 Å². The van der Waals surface area contributed by atoms with Crippen LogP contribution in [-0.2, 0) is 10.3 Å². The molecule has 1 spiro atoms. The molecule has 6 heteroatoms. The number of methoxy groups -OCH3 is 1. The van der Waals surface area contributed by atoms with Crippen LogP contribution in [0.2, 0.25) is 0 Å². The molecular weight excluding hydrogens is 645 g/mol. The molecule has 52 heavy (non-hydrogen) atoms. The largest absolute Gasteiger partial charge is 0.495 e. The summed E-state index contributed by atoms with van der Waals surface area (Å²) < 4.78 is 19.3. The predicted molar refractivity (Wildman–Crippen MR) is 205 cm³/mol. The Hall–Kier alpha value is -6.79. The van der Waals surface area contributed by atoms with E-state index in [-0.39, 0.29) is 5.97 Å². The van der Waals surface area contributed by atoms with Crippen molar-refractivity contribution in [3.63, 3.8) is 0 Å². The van der Waals surface area contributed by atoms with E-state index in [0.717, 1.165) is 62.1 Å². The van der Waals surface area contributed by atoms with Gasteiger partial charge in [-0.25, -0.2) is 4.79 Å². The van der Waals surface area contributed by atoms with Gasteiger partial charge in [-0.05, 0) is 85.3 Å². The van der Waals surface area contributed by atoms with Crippen LogP contribution in [0.5, 0.6) is 17.2 Å². The van der Waals surface area contributed by atoms with E-state index >= 15 is 0 Å². The molecule has 7 aromatic rings. The average molecular weight is 679 g/mol. The normalized spacial score (nSPS) is 15.2. The Morgan fingerprint density at radius 3 is 1.65 bits per heavy atom. The van der Waals surface area contributed by atoms with E-state index in [9.17, 15) is 4.79 Å². The number of fused-ring (bicyclic) bond motifs is 6. The van der Waals surface area contributed by atoms with Crippen LogP contribution in [0, 0.1) is 6.92 Å². The molecule has 1 unspecified atom stereocenters. The van der Waals surface area contributed by atoms with Gasteiger partial charge in [-0.1, -0.05) is 84.9 Å². The van der Waals surface area contributed by atoms with Crippen LogP contribution >= 0.6 is 0 Å². The quantitative estimate of drug-likeness (QED) is 0.156. The van der Waals surface area contributed by atoms with Gasteiger partial charge in [0.15, 0.2) is 5.60 Å². The van der Waals surface area contributed by atoms with Crippen LogP contribution in [-0.4, -0.2) is 13.1 Å². The summed E-state index contributed by atoms with van der Waals surface area (Å²) in [5, 5.41) is 0. The fourth-order valence-corrected chi connectivity index (χ4v) is 7.57. The molecule has 2 aliphatic heterocycles. The Kier molecular flexibility index (Phi) is 7.51. The van der Waals surface area contributed by atoms with Crippen molar-refractivity contribution in [2.45, 2.75) is 12.5 Å². The number of carbonyl (C=O) groups excluding carboxylic acids is 1. The van der Waals surface area contributed by atoms with Crippen LogP contribution in [0.4, 0.5) is 34.1 Å². The smallest absolute Gasteiger partial charge is 0.340 e. The SMILES string of the molecule is COc1ccccc1N(c1ccccc1)c1ccc2c(c1)Oc1cc(N(c3ccccc3)c3ccccc3C)ccc1C21OC(=O)c2ccccc21. The summed E-state index contributed by atoms with van der Waals surface area (Å²) in [5.74, 6) is 1.55. The number of anilines is 6. The molecular formula is C46H34N2O4. The van der Waals surface area contributed by atoms with E-state index < -0.39 is 5.60 Å². The summed E-state index contributed by atoms with van der Waals surface area (Å²) in [6, 6.07) is 56.6. The van der Waals surface area contributed by atoms with Crippen molar-refractivity contribution in [2.75, 3.05) is 16.9 Å². The maximum Gasteiger partial charge on any atom is 0.340 e. The van der Waals surface area contributed by atoms with E-state index in [1.807, 2.05) is 115 Å². The lowest BCUT2D eigenvalue weighted by molar-refractivity contribution is 0.0224. The minimum Gasteiger partial charge on any atom is -0.495 e. The van der Waals surface area contributed by atoms with Crippen molar-refractivity contribution < 1.29 is 19.0 Å². The second-order valence-electron chi connectivity index (χ2n) is 12.9. The molecule has 0 fully saturated rings. The van der Waals surface area contributed by atoms with Crippen LogP contribution < -0.4 is 19.3 Å². The van der Waals surface area contributed by atoms with Crippen molar-refractivity contribution >= 4 is 40.1 Å². The number of para-hydroxylation sites is 5.